The lowest BCUT2D eigenvalue weighted by Gasteiger charge is -2.35. The number of nitrogen functional groups attached to an aromatic ring is 2. The monoisotopic (exact) mass is 752 g/mol. The molecule has 266 valence electrons. The fourth-order valence-corrected chi connectivity index (χ4v) is 7.91. The van der Waals surface area contributed by atoms with Crippen molar-refractivity contribution in [2.75, 3.05) is 24.7 Å². The number of aromatic amines is 2. The van der Waals surface area contributed by atoms with E-state index in [9.17, 15) is 43.4 Å². The maximum Gasteiger partial charge on any atom is 0.327 e. The Kier molecular flexibility index (Phi) is 8.71. The van der Waals surface area contributed by atoms with Gasteiger partial charge >= 0.3 is 8.60 Å². The molecule has 7 heterocycles. The number of nitrogens with two attached hydrogens (primary N) is 2. The number of imidazole rings is 2. The Morgan fingerprint density at radius 3 is 1.86 bits per heavy atom. The van der Waals surface area contributed by atoms with Gasteiger partial charge in [-0.1, -0.05) is 0 Å². The molecule has 0 aliphatic carbocycles. The molecule has 3 fully saturated rings. The predicted molar refractivity (Wildman–Crippen MR) is 152 cm³/mol. The van der Waals surface area contributed by atoms with E-state index in [1.807, 2.05) is 0 Å². The Morgan fingerprint density at radius 1 is 0.857 bits per heavy atom. The van der Waals surface area contributed by atoms with E-state index in [0.29, 0.717) is 0 Å². The lowest BCUT2D eigenvalue weighted by Crippen LogP contribution is -2.41. The van der Waals surface area contributed by atoms with Gasteiger partial charge < -0.3 is 68.2 Å². The average molecular weight is 752 g/mol. The molecule has 0 amide bonds. The highest BCUT2D eigenvalue weighted by Crippen LogP contribution is 2.52. The van der Waals surface area contributed by atoms with Gasteiger partial charge in [-0.2, -0.15) is 9.97 Å². The molecule has 0 spiro atoms. The maximum atomic E-state index is 13.2. The minimum Gasteiger partial charge on any atom is -0.756 e. The molecule has 7 rings (SSSR count). The summed E-state index contributed by atoms with van der Waals surface area (Å²) in [6.07, 6.45) is -11.9. The molecule has 3 aliphatic heterocycles. The number of ether oxygens (including phenoxy) is 2. The number of rotatable bonds is 4. The smallest absolute Gasteiger partial charge is 0.327 e. The molecule has 0 aromatic carbocycles. The number of aromatic nitrogens is 8. The largest absolute Gasteiger partial charge is 0.756 e. The number of fused-ring (bicyclic) bond motifs is 4. The second kappa shape index (κ2) is 12.5. The van der Waals surface area contributed by atoms with Crippen LogP contribution in [0.2, 0.25) is 0 Å². The second-order valence-corrected chi connectivity index (χ2v) is 14.1. The Morgan fingerprint density at radius 2 is 1.33 bits per heavy atom. The van der Waals surface area contributed by atoms with Crippen molar-refractivity contribution in [3.63, 3.8) is 0 Å². The first-order chi connectivity index (χ1) is 23.1. The van der Waals surface area contributed by atoms with E-state index in [-0.39, 0.29) is 34.2 Å². The third kappa shape index (κ3) is 6.42. The molecule has 0 bridgehead atoms. The highest BCUT2D eigenvalue weighted by atomic mass is 31.2. The van der Waals surface area contributed by atoms with Gasteiger partial charge in [0.25, 0.3) is 26.8 Å². The summed E-state index contributed by atoms with van der Waals surface area (Å²) in [5, 5.41) is 11.1. The van der Waals surface area contributed by atoms with Crippen LogP contribution in [0, 0.1) is 0 Å². The van der Waals surface area contributed by atoms with Crippen molar-refractivity contribution in [1.82, 2.24) is 39.0 Å². The van der Waals surface area contributed by atoms with Gasteiger partial charge in [-0.15, -0.1) is 0 Å². The zero-order valence-electron chi connectivity index (χ0n) is 24.0. The number of hydrogen-bond acceptors (Lipinski definition) is 22. The van der Waals surface area contributed by atoms with Gasteiger partial charge in [0.15, 0.2) is 34.8 Å². The van der Waals surface area contributed by atoms with Gasteiger partial charge in [-0.25, -0.2) is 9.97 Å². The fourth-order valence-electron chi connectivity index (χ4n) is 5.58. The Bertz CT molecular complexity index is 2120. The molecule has 4 aromatic heterocycles. The fraction of sp³-hybridized carbons (Fsp3) is 0.500. The van der Waals surface area contributed by atoms with Crippen molar-refractivity contribution in [1.29, 1.82) is 0 Å². The first-order valence-corrected chi connectivity index (χ1v) is 17.8. The lowest BCUT2D eigenvalue weighted by atomic mass is 10.1. The van der Waals surface area contributed by atoms with Crippen LogP contribution in [0.5, 0.6) is 0 Å². The third-order valence-electron chi connectivity index (χ3n) is 7.56. The van der Waals surface area contributed by atoms with Crippen LogP contribution in [-0.2, 0) is 41.2 Å². The summed E-state index contributed by atoms with van der Waals surface area (Å²) in [6, 6.07) is 0. The molecule has 26 nitrogen and oxygen atoms in total. The minimum atomic E-state index is -5.48. The Balaban J connectivity index is 1.21. The highest BCUT2D eigenvalue weighted by Gasteiger charge is 2.53. The van der Waals surface area contributed by atoms with Gasteiger partial charge in [0, 0.05) is 0 Å². The van der Waals surface area contributed by atoms with E-state index in [1.165, 1.54) is 0 Å². The lowest BCUT2D eigenvalue weighted by molar-refractivity contribution is -0.244. The molecule has 9 N–H and O–H groups in total. The SMILES string of the molecule is Nc1nc2c(ncn2[C@@H]2O[C@@H]3COP(=O)([O-])O[C@@H]4C(OP(O)O)[C@H](n5cnc6c(=O)[nH]c(N)nc65)O[C@@H]4COP(=O)([O-])O[C@@H]3C2O)c(=O)[nH]1. The van der Waals surface area contributed by atoms with Gasteiger partial charge in [-0.05, 0) is 0 Å². The topological polar surface area (TPSA) is 385 Å². The summed E-state index contributed by atoms with van der Waals surface area (Å²) in [5.74, 6) is -0.663. The highest BCUT2D eigenvalue weighted by molar-refractivity contribution is 7.46. The molecule has 0 saturated carbocycles. The molecule has 0 radical (unpaired) electrons. The van der Waals surface area contributed by atoms with Crippen molar-refractivity contribution < 1.29 is 65.9 Å². The first-order valence-electron chi connectivity index (χ1n) is 13.7. The number of aliphatic hydroxyl groups is 1. The standard InChI is InChI=1S/C20H25N10O16P3/c21-19-25-13-7(15(32)27-19)23-3-29(13)17-9(31)10-5(42-17)1-40-49(38,39)46-11-6(2-41-48(36,37)45-10)43-18(12(11)44-47(34)35)30-4-24-8-14(30)26-20(22)28-16(8)33/h3-6,9-12,17-18,31,34-35H,1-2H2,(H,36,37)(H,38,39)(H3,21,25,27,32)(H3,22,26,28,33)/p-2/t5-,6-,9?,10+,11+,12?,17-,18-/m1/s1. The number of aliphatic hydroxyl groups excluding tert-OH is 1. The van der Waals surface area contributed by atoms with E-state index in [0.717, 1.165) is 21.8 Å². The summed E-state index contributed by atoms with van der Waals surface area (Å²) in [7, 11) is -14.2. The number of anilines is 2. The number of nitrogens with zero attached hydrogens (tertiary/aromatic N) is 6. The van der Waals surface area contributed by atoms with Gasteiger partial charge in [0.1, 0.15) is 36.6 Å². The van der Waals surface area contributed by atoms with Gasteiger partial charge in [0.2, 0.25) is 11.9 Å². The van der Waals surface area contributed by atoms with Crippen LogP contribution in [0.3, 0.4) is 0 Å². The minimum absolute atomic E-state index is 0.172. The molecule has 3 saturated heterocycles. The number of phosphoric ester groups is 2. The summed E-state index contributed by atoms with van der Waals surface area (Å²) in [4.78, 5) is 90.5. The number of nitrogens with one attached hydrogen (secondary N) is 2. The third-order valence-corrected chi connectivity index (χ3v) is 9.92. The van der Waals surface area contributed by atoms with Crippen LogP contribution >= 0.6 is 24.2 Å². The maximum absolute atomic E-state index is 13.2. The molecule has 29 heteroatoms. The average Bonchev–Trinajstić information content (AvgIpc) is 3.76. The van der Waals surface area contributed by atoms with Crippen LogP contribution in [-0.4, -0.2) is 104 Å². The van der Waals surface area contributed by atoms with E-state index < -0.39 is 97.7 Å². The summed E-state index contributed by atoms with van der Waals surface area (Å²) in [6.45, 7) is -2.05. The summed E-state index contributed by atoms with van der Waals surface area (Å²) in [5.41, 5.74) is 8.93. The van der Waals surface area contributed by atoms with Crippen LogP contribution in [0.1, 0.15) is 12.5 Å². The Labute approximate surface area is 270 Å². The van der Waals surface area contributed by atoms with Crippen molar-refractivity contribution >= 4 is 58.5 Å². The van der Waals surface area contributed by atoms with Crippen molar-refractivity contribution in [2.45, 2.75) is 49.1 Å². The van der Waals surface area contributed by atoms with Gasteiger partial charge in [0.05, 0.1) is 25.9 Å². The summed E-state index contributed by atoms with van der Waals surface area (Å²) >= 11 is 0. The van der Waals surface area contributed by atoms with E-state index in [2.05, 4.69) is 29.9 Å². The second-order valence-electron chi connectivity index (χ2n) is 10.6. The van der Waals surface area contributed by atoms with Crippen LogP contribution in [0.15, 0.2) is 22.2 Å². The van der Waals surface area contributed by atoms with Crippen molar-refractivity contribution in [2.24, 2.45) is 0 Å². The zero-order chi connectivity index (χ0) is 35.0. The number of hydrogen-bond donors (Lipinski definition) is 7. The quantitative estimate of drug-likeness (QED) is 0.0974. The van der Waals surface area contributed by atoms with E-state index in [1.54, 1.807) is 0 Å². The Hall–Kier alpha value is -3.29. The van der Waals surface area contributed by atoms with Crippen molar-refractivity contribution in [3.05, 3.63) is 33.4 Å². The molecule has 4 aromatic rings. The van der Waals surface area contributed by atoms with Crippen LogP contribution < -0.4 is 32.4 Å². The number of H-pyrrole nitrogens is 2. The van der Waals surface area contributed by atoms with E-state index in [4.69, 9.17) is 43.6 Å². The van der Waals surface area contributed by atoms with Crippen LogP contribution in [0.4, 0.5) is 11.9 Å². The normalized spacial score (nSPS) is 35.7. The van der Waals surface area contributed by atoms with Crippen LogP contribution in [0.25, 0.3) is 22.3 Å². The molecular weight excluding hydrogens is 729 g/mol. The number of phosphoric acid groups is 2. The molecule has 10 atom stereocenters. The van der Waals surface area contributed by atoms with Crippen molar-refractivity contribution in [3.8, 4) is 0 Å². The molecule has 3 aliphatic rings. The molecule has 4 unspecified atom stereocenters. The molecule has 49 heavy (non-hydrogen) atoms. The molecular formula is C20H23N10O16P3-2. The van der Waals surface area contributed by atoms with E-state index >= 15 is 0 Å². The summed E-state index contributed by atoms with van der Waals surface area (Å²) < 4.78 is 65.4. The predicted octanol–water partition coefficient (Wildman–Crippen LogP) is -4.08. The first kappa shape index (κ1) is 34.2. The zero-order valence-corrected chi connectivity index (χ0v) is 26.7. The van der Waals surface area contributed by atoms with Gasteiger partial charge in [-0.3, -0.25) is 37.8 Å².